The summed E-state index contributed by atoms with van der Waals surface area (Å²) in [7, 11) is 0. The van der Waals surface area contributed by atoms with E-state index in [1.807, 2.05) is 42.5 Å². The molecular weight excluding hydrogens is 382 g/mol. The van der Waals surface area contributed by atoms with Gasteiger partial charge in [0.2, 0.25) is 0 Å². The highest BCUT2D eigenvalue weighted by molar-refractivity contribution is 5.93. The maximum atomic E-state index is 9.44. The van der Waals surface area contributed by atoms with Gasteiger partial charge in [-0.05, 0) is 43.2 Å². The Kier molecular flexibility index (Phi) is 6.39. The lowest BCUT2D eigenvalue weighted by Gasteiger charge is -2.16. The Hall–Kier alpha value is -3.91. The maximum absolute atomic E-state index is 9.44. The first-order valence-electron chi connectivity index (χ1n) is 10.5. The Morgan fingerprint density at radius 2 is 1.94 bits per heavy atom. The number of benzene rings is 1. The predicted octanol–water partition coefficient (Wildman–Crippen LogP) is 5.36. The summed E-state index contributed by atoms with van der Waals surface area (Å²) >= 11 is 0. The van der Waals surface area contributed by atoms with Gasteiger partial charge in [-0.15, -0.1) is 0 Å². The topological polar surface area (TPSA) is 73.6 Å². The molecule has 3 aromatic rings. The van der Waals surface area contributed by atoms with Gasteiger partial charge in [-0.3, -0.25) is 4.98 Å². The molecule has 0 atom stereocenters. The molecular formula is C26H25N5. The van der Waals surface area contributed by atoms with Gasteiger partial charge in [0.1, 0.15) is 0 Å². The SMILES string of the molecule is C/C1=C(\c2cc(NCc3ccncc3)c3ccccc3n2)C/C=C(/C#N)C/C=C\CN1. The van der Waals surface area contributed by atoms with Crippen LogP contribution in [0.5, 0.6) is 0 Å². The van der Waals surface area contributed by atoms with E-state index < -0.39 is 0 Å². The summed E-state index contributed by atoms with van der Waals surface area (Å²) < 4.78 is 0. The molecule has 0 radical (unpaired) electrons. The van der Waals surface area contributed by atoms with Gasteiger partial charge in [0.25, 0.3) is 0 Å². The van der Waals surface area contributed by atoms with Crippen molar-refractivity contribution in [2.75, 3.05) is 11.9 Å². The van der Waals surface area contributed by atoms with Gasteiger partial charge in [-0.2, -0.15) is 5.26 Å². The smallest absolute Gasteiger partial charge is 0.0947 e. The van der Waals surface area contributed by atoms with Crippen molar-refractivity contribution in [3.05, 3.63) is 95.6 Å². The van der Waals surface area contributed by atoms with Crippen LogP contribution in [0.25, 0.3) is 16.5 Å². The van der Waals surface area contributed by atoms with Crippen LogP contribution < -0.4 is 10.6 Å². The number of para-hydroxylation sites is 1. The molecule has 2 N–H and O–H groups in total. The van der Waals surface area contributed by atoms with Crippen LogP contribution in [0.1, 0.15) is 31.0 Å². The maximum Gasteiger partial charge on any atom is 0.0947 e. The normalized spacial score (nSPS) is 19.5. The number of pyridine rings is 2. The van der Waals surface area contributed by atoms with Gasteiger partial charge < -0.3 is 10.6 Å². The van der Waals surface area contributed by atoms with Crippen LogP contribution in [0.2, 0.25) is 0 Å². The average Bonchev–Trinajstić information content (AvgIpc) is 2.81. The van der Waals surface area contributed by atoms with E-state index >= 15 is 0 Å². The molecule has 0 spiro atoms. The van der Waals surface area contributed by atoms with Crippen LogP contribution in [0.4, 0.5) is 5.69 Å². The van der Waals surface area contributed by atoms with Gasteiger partial charge >= 0.3 is 0 Å². The number of allylic oxidation sites excluding steroid dienone is 5. The van der Waals surface area contributed by atoms with E-state index in [0.717, 1.165) is 45.7 Å². The first-order chi connectivity index (χ1) is 15.2. The molecule has 3 heterocycles. The van der Waals surface area contributed by atoms with Crippen molar-refractivity contribution in [1.29, 1.82) is 5.26 Å². The third-order valence-electron chi connectivity index (χ3n) is 5.40. The van der Waals surface area contributed by atoms with Crippen LogP contribution in [0.15, 0.2) is 84.4 Å². The third-order valence-corrected chi connectivity index (χ3v) is 5.40. The summed E-state index contributed by atoms with van der Waals surface area (Å²) in [5.74, 6) is 0. The number of nitrogens with one attached hydrogen (secondary N) is 2. The summed E-state index contributed by atoms with van der Waals surface area (Å²) in [4.78, 5) is 9.06. The quantitative estimate of drug-likeness (QED) is 0.569. The van der Waals surface area contributed by atoms with Crippen molar-refractivity contribution in [1.82, 2.24) is 15.3 Å². The molecule has 0 fully saturated rings. The lowest BCUT2D eigenvalue weighted by Crippen LogP contribution is -2.14. The summed E-state index contributed by atoms with van der Waals surface area (Å²) in [5.41, 5.74) is 7.02. The molecule has 0 bridgehead atoms. The van der Waals surface area contributed by atoms with Crippen molar-refractivity contribution >= 4 is 22.2 Å². The number of fused-ring (bicyclic) bond motifs is 1. The van der Waals surface area contributed by atoms with Crippen LogP contribution in [0.3, 0.4) is 0 Å². The number of anilines is 1. The van der Waals surface area contributed by atoms with Gasteiger partial charge in [0.05, 0.1) is 17.3 Å². The van der Waals surface area contributed by atoms with Gasteiger partial charge in [0, 0.05) is 59.8 Å². The lowest BCUT2D eigenvalue weighted by molar-refractivity contribution is 0.895. The summed E-state index contributed by atoms with van der Waals surface area (Å²) in [6.07, 6.45) is 11.0. The van der Waals surface area contributed by atoms with Crippen molar-refractivity contribution in [3.63, 3.8) is 0 Å². The van der Waals surface area contributed by atoms with E-state index in [-0.39, 0.29) is 0 Å². The zero-order valence-corrected chi connectivity index (χ0v) is 17.6. The number of hydrogen-bond acceptors (Lipinski definition) is 5. The molecule has 1 aromatic carbocycles. The molecule has 1 aliphatic heterocycles. The molecule has 0 amide bonds. The van der Waals surface area contributed by atoms with E-state index in [1.54, 1.807) is 12.4 Å². The summed E-state index contributed by atoms with van der Waals surface area (Å²) in [5, 5.41) is 17.6. The van der Waals surface area contributed by atoms with Gasteiger partial charge in [-0.1, -0.05) is 36.4 Å². The Morgan fingerprint density at radius 3 is 2.77 bits per heavy atom. The monoisotopic (exact) mass is 407 g/mol. The van der Waals surface area contributed by atoms with E-state index in [4.69, 9.17) is 4.98 Å². The summed E-state index contributed by atoms with van der Waals surface area (Å²) in [6.45, 7) is 3.51. The minimum atomic E-state index is 0.657. The molecule has 5 heteroatoms. The summed E-state index contributed by atoms with van der Waals surface area (Å²) in [6, 6.07) is 16.6. The molecule has 154 valence electrons. The van der Waals surface area contributed by atoms with Crippen LogP contribution in [-0.4, -0.2) is 16.5 Å². The van der Waals surface area contributed by atoms with E-state index in [1.165, 1.54) is 5.56 Å². The first kappa shape index (κ1) is 20.4. The Labute approximate surface area is 182 Å². The van der Waals surface area contributed by atoms with Crippen molar-refractivity contribution in [2.24, 2.45) is 0 Å². The standard InChI is InChI=1S/C26H25N5/c1-19-22(10-9-20(17-27)6-4-5-13-29-19)26-16-25(23-7-2-3-8-24(23)31-26)30-18-21-11-14-28-15-12-21/h2-5,7-9,11-12,14-16,29H,6,10,13,18H2,1H3,(H,30,31)/b5-4-,20-9+,22-19+. The van der Waals surface area contributed by atoms with Crippen LogP contribution in [-0.2, 0) is 6.54 Å². The largest absolute Gasteiger partial charge is 0.385 e. The van der Waals surface area contributed by atoms with Crippen molar-refractivity contribution < 1.29 is 0 Å². The number of hydrogen-bond donors (Lipinski definition) is 2. The second-order valence-electron chi connectivity index (χ2n) is 7.49. The highest BCUT2D eigenvalue weighted by atomic mass is 14.9. The van der Waals surface area contributed by atoms with E-state index in [0.29, 0.717) is 19.4 Å². The number of rotatable bonds is 4. The first-order valence-corrected chi connectivity index (χ1v) is 10.5. The fourth-order valence-corrected chi connectivity index (χ4v) is 3.64. The molecule has 5 nitrogen and oxygen atoms in total. The second-order valence-corrected chi connectivity index (χ2v) is 7.49. The fraction of sp³-hybridized carbons (Fsp3) is 0.192. The van der Waals surface area contributed by atoms with Gasteiger partial charge in [0.15, 0.2) is 0 Å². The highest BCUT2D eigenvalue weighted by Gasteiger charge is 2.12. The number of aromatic nitrogens is 2. The molecule has 0 saturated heterocycles. The zero-order valence-electron chi connectivity index (χ0n) is 17.6. The second kappa shape index (κ2) is 9.73. The average molecular weight is 408 g/mol. The van der Waals surface area contributed by atoms with Crippen molar-refractivity contribution in [3.8, 4) is 6.07 Å². The zero-order chi connectivity index (χ0) is 21.5. The Bertz CT molecular complexity index is 1200. The molecule has 0 aliphatic carbocycles. The van der Waals surface area contributed by atoms with Crippen molar-refractivity contribution in [2.45, 2.75) is 26.3 Å². The lowest BCUT2D eigenvalue weighted by atomic mass is 10.0. The van der Waals surface area contributed by atoms with E-state index in [9.17, 15) is 5.26 Å². The molecule has 0 saturated carbocycles. The minimum Gasteiger partial charge on any atom is -0.385 e. The minimum absolute atomic E-state index is 0.657. The Morgan fingerprint density at radius 1 is 1.10 bits per heavy atom. The highest BCUT2D eigenvalue weighted by Crippen LogP contribution is 2.30. The van der Waals surface area contributed by atoms with Crippen LogP contribution in [0, 0.1) is 11.3 Å². The molecule has 2 aromatic heterocycles. The molecule has 31 heavy (non-hydrogen) atoms. The number of nitriles is 1. The molecule has 0 unspecified atom stereocenters. The third kappa shape index (κ3) is 4.99. The Balaban J connectivity index is 1.75. The predicted molar refractivity (Wildman–Crippen MR) is 126 cm³/mol. The van der Waals surface area contributed by atoms with Gasteiger partial charge in [-0.25, -0.2) is 4.98 Å². The van der Waals surface area contributed by atoms with Crippen LogP contribution >= 0.6 is 0 Å². The fourth-order valence-electron chi connectivity index (χ4n) is 3.64. The number of nitrogens with zero attached hydrogens (tertiary/aromatic N) is 3. The molecule has 4 rings (SSSR count). The van der Waals surface area contributed by atoms with E-state index in [2.05, 4.69) is 46.8 Å². The molecule has 1 aliphatic rings.